The van der Waals surface area contributed by atoms with Crippen molar-refractivity contribution in [3.05, 3.63) is 23.8 Å². The van der Waals surface area contributed by atoms with E-state index in [-0.39, 0.29) is 5.92 Å². The maximum absolute atomic E-state index is 12.9. The molecule has 1 nitrogen and oxygen atoms in total. The summed E-state index contributed by atoms with van der Waals surface area (Å²) in [5.41, 5.74) is 1.44. The second-order valence-electron chi connectivity index (χ2n) is 6.91. The van der Waals surface area contributed by atoms with Gasteiger partial charge in [-0.25, -0.2) is 0 Å². The van der Waals surface area contributed by atoms with Crippen molar-refractivity contribution in [3.8, 4) is 0 Å². The summed E-state index contributed by atoms with van der Waals surface area (Å²) in [6, 6.07) is 0. The summed E-state index contributed by atoms with van der Waals surface area (Å²) in [6.07, 6.45) is 13.2. The van der Waals surface area contributed by atoms with Gasteiger partial charge in [-0.05, 0) is 56.8 Å². The van der Waals surface area contributed by atoms with Gasteiger partial charge < -0.3 is 0 Å². The molecule has 4 aliphatic carbocycles. The Balaban J connectivity index is 1.71. The minimum atomic E-state index is 0.286. The Labute approximate surface area is 109 Å². The van der Waals surface area contributed by atoms with Crippen LogP contribution in [-0.4, -0.2) is 5.78 Å². The maximum Gasteiger partial charge on any atom is 0.140 e. The summed E-state index contributed by atoms with van der Waals surface area (Å²) < 4.78 is 0. The highest BCUT2D eigenvalue weighted by molar-refractivity contribution is 5.86. The van der Waals surface area contributed by atoms with E-state index in [0.717, 1.165) is 24.7 Å². The number of hydrogen-bond donors (Lipinski definition) is 0. The van der Waals surface area contributed by atoms with Crippen molar-refractivity contribution in [3.63, 3.8) is 0 Å². The van der Waals surface area contributed by atoms with Crippen LogP contribution < -0.4 is 0 Å². The van der Waals surface area contributed by atoms with Gasteiger partial charge in [0.2, 0.25) is 0 Å². The summed E-state index contributed by atoms with van der Waals surface area (Å²) in [5, 5.41) is 0. The van der Waals surface area contributed by atoms with Crippen LogP contribution in [0.5, 0.6) is 0 Å². The van der Waals surface area contributed by atoms with E-state index in [1.807, 2.05) is 0 Å². The molecule has 0 bridgehead atoms. The second-order valence-corrected chi connectivity index (χ2v) is 6.91. The minimum absolute atomic E-state index is 0.286. The highest BCUT2D eigenvalue weighted by atomic mass is 16.1. The molecule has 0 spiro atoms. The topological polar surface area (TPSA) is 17.1 Å². The van der Waals surface area contributed by atoms with Crippen LogP contribution in [0.4, 0.5) is 0 Å². The van der Waals surface area contributed by atoms with Gasteiger partial charge in [-0.3, -0.25) is 4.79 Å². The van der Waals surface area contributed by atoms with Crippen LogP contribution >= 0.6 is 0 Å². The van der Waals surface area contributed by atoms with E-state index in [9.17, 15) is 4.79 Å². The van der Waals surface area contributed by atoms with E-state index < -0.39 is 0 Å². The number of rotatable bonds is 0. The first-order chi connectivity index (χ1) is 8.75. The summed E-state index contributed by atoms with van der Waals surface area (Å²) in [4.78, 5) is 12.9. The highest BCUT2D eigenvalue weighted by Gasteiger charge is 2.52. The third kappa shape index (κ3) is 1.36. The Hall–Kier alpha value is -0.850. The molecular weight excluding hydrogens is 220 g/mol. The molecule has 0 unspecified atom stereocenters. The number of hydrogen-bond acceptors (Lipinski definition) is 1. The molecule has 18 heavy (non-hydrogen) atoms. The van der Waals surface area contributed by atoms with E-state index in [0.29, 0.717) is 23.5 Å². The molecule has 0 aromatic carbocycles. The molecule has 6 atom stereocenters. The van der Waals surface area contributed by atoms with Gasteiger partial charge in [0.25, 0.3) is 0 Å². The zero-order valence-electron chi connectivity index (χ0n) is 11.1. The van der Waals surface area contributed by atoms with Crippen LogP contribution in [0.1, 0.15) is 39.0 Å². The van der Waals surface area contributed by atoms with E-state index in [1.54, 1.807) is 0 Å². The molecule has 0 radical (unpaired) electrons. The zero-order valence-corrected chi connectivity index (χ0v) is 11.1. The van der Waals surface area contributed by atoms with Crippen molar-refractivity contribution in [2.45, 2.75) is 39.0 Å². The van der Waals surface area contributed by atoms with E-state index in [4.69, 9.17) is 0 Å². The Morgan fingerprint density at radius 1 is 1.17 bits per heavy atom. The smallest absolute Gasteiger partial charge is 0.140 e. The lowest BCUT2D eigenvalue weighted by atomic mass is 9.67. The van der Waals surface area contributed by atoms with Gasteiger partial charge in [-0.15, -0.1) is 0 Å². The fourth-order valence-electron chi connectivity index (χ4n) is 5.07. The van der Waals surface area contributed by atoms with Crippen LogP contribution in [0.3, 0.4) is 0 Å². The molecule has 0 N–H and O–H groups in total. The van der Waals surface area contributed by atoms with Crippen LogP contribution in [0, 0.1) is 35.5 Å². The molecule has 1 heteroatoms. The van der Waals surface area contributed by atoms with Crippen LogP contribution in [0.25, 0.3) is 0 Å². The average molecular weight is 242 g/mol. The van der Waals surface area contributed by atoms with Gasteiger partial charge in [0, 0.05) is 17.8 Å². The summed E-state index contributed by atoms with van der Waals surface area (Å²) >= 11 is 0. The summed E-state index contributed by atoms with van der Waals surface area (Å²) in [6.45, 7) is 2.23. The van der Waals surface area contributed by atoms with Gasteiger partial charge in [0.1, 0.15) is 5.78 Å². The predicted octanol–water partition coefficient (Wildman–Crippen LogP) is 3.76. The lowest BCUT2D eigenvalue weighted by Gasteiger charge is -2.36. The van der Waals surface area contributed by atoms with E-state index in [2.05, 4.69) is 25.2 Å². The molecule has 0 aromatic rings. The molecule has 96 valence electrons. The van der Waals surface area contributed by atoms with Crippen molar-refractivity contribution >= 4 is 5.78 Å². The monoisotopic (exact) mass is 242 g/mol. The number of Topliss-reactive ketones (excluding diaryl/α,β-unsaturated/α-hetero) is 1. The standard InChI is InChI=1S/C17H22O/c1-10-5-6-12-9-11-7-8-14(11)16(12)17(18)15-4-2-3-13(10)15/h2-3,5,11-16H,4,6-9H2,1H3/t11-,12+,13+,14-,15+,16+/m0/s1. The lowest BCUT2D eigenvalue weighted by Crippen LogP contribution is -2.37. The predicted molar refractivity (Wildman–Crippen MR) is 71.9 cm³/mol. The number of carbonyl (C=O) groups excluding carboxylic acids is 1. The molecule has 2 fully saturated rings. The molecule has 0 amide bonds. The van der Waals surface area contributed by atoms with Gasteiger partial charge >= 0.3 is 0 Å². The normalized spacial score (nSPS) is 49.6. The first kappa shape index (κ1) is 11.0. The quantitative estimate of drug-likeness (QED) is 0.591. The molecule has 2 saturated carbocycles. The molecule has 0 aromatic heterocycles. The van der Waals surface area contributed by atoms with Crippen molar-refractivity contribution in [1.29, 1.82) is 0 Å². The minimum Gasteiger partial charge on any atom is -0.299 e. The number of carbonyl (C=O) groups is 1. The fraction of sp³-hybridized carbons (Fsp3) is 0.706. The van der Waals surface area contributed by atoms with Gasteiger partial charge in [0.15, 0.2) is 0 Å². The molecule has 0 heterocycles. The Morgan fingerprint density at radius 2 is 2.06 bits per heavy atom. The number of allylic oxidation sites excluding steroid dienone is 4. The van der Waals surface area contributed by atoms with E-state index in [1.165, 1.54) is 24.8 Å². The SMILES string of the molecule is CC1=CC[C@@H]2C[C@@H]3CC[C@@H]3[C@@H]2C(=O)[C@@H]2CC=C[C@H]12. The zero-order chi connectivity index (χ0) is 12.3. The molecule has 0 saturated heterocycles. The van der Waals surface area contributed by atoms with Crippen molar-refractivity contribution in [2.75, 3.05) is 0 Å². The summed E-state index contributed by atoms with van der Waals surface area (Å²) in [5.74, 6) is 4.08. The van der Waals surface area contributed by atoms with Gasteiger partial charge in [0.05, 0.1) is 0 Å². The second kappa shape index (κ2) is 3.82. The van der Waals surface area contributed by atoms with Crippen LogP contribution in [0.15, 0.2) is 23.8 Å². The van der Waals surface area contributed by atoms with Crippen molar-refractivity contribution in [1.82, 2.24) is 0 Å². The number of fused-ring (bicyclic) bond motifs is 4. The van der Waals surface area contributed by atoms with Crippen molar-refractivity contribution < 1.29 is 4.79 Å². The third-order valence-corrected chi connectivity index (χ3v) is 6.18. The third-order valence-electron chi connectivity index (χ3n) is 6.18. The van der Waals surface area contributed by atoms with Crippen LogP contribution in [0.2, 0.25) is 0 Å². The van der Waals surface area contributed by atoms with Crippen molar-refractivity contribution in [2.24, 2.45) is 35.5 Å². The van der Waals surface area contributed by atoms with Gasteiger partial charge in [-0.2, -0.15) is 0 Å². The number of ketones is 1. The lowest BCUT2D eigenvalue weighted by molar-refractivity contribution is -0.131. The largest absolute Gasteiger partial charge is 0.299 e. The first-order valence-corrected chi connectivity index (χ1v) is 7.62. The maximum atomic E-state index is 12.9. The molecular formula is C17H22O. The van der Waals surface area contributed by atoms with E-state index >= 15 is 0 Å². The average Bonchev–Trinajstić information content (AvgIpc) is 2.89. The molecule has 4 aliphatic rings. The Kier molecular flexibility index (Phi) is 2.34. The molecule has 0 aliphatic heterocycles. The Morgan fingerprint density at radius 3 is 2.83 bits per heavy atom. The van der Waals surface area contributed by atoms with Crippen LogP contribution in [-0.2, 0) is 4.79 Å². The molecule has 4 rings (SSSR count). The first-order valence-electron chi connectivity index (χ1n) is 7.62. The van der Waals surface area contributed by atoms with Gasteiger partial charge in [-0.1, -0.05) is 23.8 Å². The summed E-state index contributed by atoms with van der Waals surface area (Å²) in [7, 11) is 0. The fourth-order valence-corrected chi connectivity index (χ4v) is 5.07. The highest BCUT2D eigenvalue weighted by Crippen LogP contribution is 2.56. The Bertz CT molecular complexity index is 445.